The van der Waals surface area contributed by atoms with Crippen molar-refractivity contribution in [1.29, 1.82) is 0 Å². The second-order valence-corrected chi connectivity index (χ2v) is 7.51. The normalized spacial score (nSPS) is 13.8. The van der Waals surface area contributed by atoms with Crippen LogP contribution in [0.4, 0.5) is 0 Å². The average molecular weight is 429 g/mol. The molecule has 2 aliphatic heterocycles. The number of carbonyl (C=O) groups is 1. The maximum atomic E-state index is 9.86. The summed E-state index contributed by atoms with van der Waals surface area (Å²) < 4.78 is 0. The monoisotopic (exact) mass is 429 g/mol. The van der Waals surface area contributed by atoms with Crippen molar-refractivity contribution in [2.45, 2.75) is 19.1 Å². The lowest BCUT2D eigenvalue weighted by Crippen LogP contribution is -2.39. The van der Waals surface area contributed by atoms with Crippen LogP contribution in [0.1, 0.15) is 29.7 Å². The first-order chi connectivity index (χ1) is 15.4. The fourth-order valence-electron chi connectivity index (χ4n) is 3.15. The number of rotatable bonds is 2. The third kappa shape index (κ3) is 5.18. The Morgan fingerprint density at radius 2 is 1.16 bits per heavy atom. The SMILES string of the molecule is C1=Cc2cc3ccc(cc4ccc(cc5nc(cc1n2)C=C5)[nH]4)[nH]3.C[C@@H](O)[C@H](N)C(=O)O. The maximum absolute atomic E-state index is 9.86. The Hall–Kier alpha value is -4.01. The molecule has 2 atom stereocenters. The first kappa shape index (κ1) is 21.2. The summed E-state index contributed by atoms with van der Waals surface area (Å²) in [5, 5.41) is 16.6. The molecule has 0 fully saturated rings. The van der Waals surface area contributed by atoms with E-state index >= 15 is 0 Å². The second kappa shape index (κ2) is 9.01. The molecule has 0 saturated carbocycles. The van der Waals surface area contributed by atoms with Crippen molar-refractivity contribution in [1.82, 2.24) is 19.9 Å². The highest BCUT2D eigenvalue weighted by Crippen LogP contribution is 2.17. The molecule has 32 heavy (non-hydrogen) atoms. The number of nitrogens with two attached hydrogens (primary N) is 1. The topological polar surface area (TPSA) is 141 Å². The van der Waals surface area contributed by atoms with E-state index in [-0.39, 0.29) is 0 Å². The summed E-state index contributed by atoms with van der Waals surface area (Å²) in [4.78, 5) is 25.9. The second-order valence-electron chi connectivity index (χ2n) is 7.51. The molecule has 5 heterocycles. The molecule has 8 heteroatoms. The number of carboxylic acids is 1. The van der Waals surface area contributed by atoms with E-state index < -0.39 is 18.1 Å². The highest BCUT2D eigenvalue weighted by atomic mass is 16.4. The lowest BCUT2D eigenvalue weighted by atomic mass is 10.2. The zero-order valence-electron chi connectivity index (χ0n) is 17.4. The number of aliphatic hydroxyl groups is 1. The number of aliphatic carboxylic acids is 1. The summed E-state index contributed by atoms with van der Waals surface area (Å²) in [6, 6.07) is 15.2. The van der Waals surface area contributed by atoms with Crippen molar-refractivity contribution < 1.29 is 15.0 Å². The van der Waals surface area contributed by atoms with Crippen LogP contribution in [0, 0.1) is 0 Å². The van der Waals surface area contributed by atoms with Gasteiger partial charge in [-0.25, -0.2) is 9.97 Å². The molecule has 6 N–H and O–H groups in total. The maximum Gasteiger partial charge on any atom is 0.323 e. The van der Waals surface area contributed by atoms with Crippen LogP contribution < -0.4 is 5.73 Å². The number of nitrogens with one attached hydrogen (secondary N) is 2. The molecule has 0 aliphatic carbocycles. The zero-order valence-corrected chi connectivity index (χ0v) is 17.4. The van der Waals surface area contributed by atoms with Gasteiger partial charge in [0, 0.05) is 22.1 Å². The van der Waals surface area contributed by atoms with E-state index in [4.69, 9.17) is 15.9 Å². The van der Waals surface area contributed by atoms with Gasteiger partial charge in [0.05, 0.1) is 28.9 Å². The molecule has 3 aromatic rings. The van der Waals surface area contributed by atoms with Crippen molar-refractivity contribution in [3.05, 3.63) is 71.3 Å². The zero-order chi connectivity index (χ0) is 22.7. The van der Waals surface area contributed by atoms with Gasteiger partial charge in [-0.15, -0.1) is 0 Å². The Bertz CT molecular complexity index is 1280. The standard InChI is InChI=1S/C20H14N4.C4H9NO3/c1-2-14-10-16-5-6-18(23-16)12-20-8-7-19(24-20)11-17-4-3-15(22-17)9-13(1)21-14;1-2(6)3(5)4(7)8/h1-12,21-22H;2-3,6H,5H2,1H3,(H,7,8)/t;2-,3+/m.1/s1. The Morgan fingerprint density at radius 3 is 1.50 bits per heavy atom. The van der Waals surface area contributed by atoms with Gasteiger partial charge in [0.1, 0.15) is 6.04 Å². The van der Waals surface area contributed by atoms with Gasteiger partial charge in [-0.2, -0.15) is 0 Å². The molecule has 2 aliphatic rings. The first-order valence-corrected chi connectivity index (χ1v) is 10.1. The van der Waals surface area contributed by atoms with Gasteiger partial charge in [0.25, 0.3) is 0 Å². The Labute approximate surface area is 183 Å². The summed E-state index contributed by atoms with van der Waals surface area (Å²) >= 11 is 0. The van der Waals surface area contributed by atoms with E-state index in [1.54, 1.807) is 0 Å². The number of aromatic nitrogens is 4. The van der Waals surface area contributed by atoms with E-state index in [0.717, 1.165) is 44.8 Å². The van der Waals surface area contributed by atoms with E-state index in [1.165, 1.54) is 6.92 Å². The van der Waals surface area contributed by atoms with Gasteiger partial charge in [-0.05, 0) is 79.8 Å². The van der Waals surface area contributed by atoms with Gasteiger partial charge in [-0.1, -0.05) is 0 Å². The van der Waals surface area contributed by atoms with Crippen LogP contribution >= 0.6 is 0 Å². The number of nitrogens with zero attached hydrogens (tertiary/aromatic N) is 2. The first-order valence-electron chi connectivity index (χ1n) is 10.1. The number of hydrogen-bond donors (Lipinski definition) is 5. The third-order valence-corrected chi connectivity index (χ3v) is 4.85. The van der Waals surface area contributed by atoms with Crippen LogP contribution in [0.3, 0.4) is 0 Å². The van der Waals surface area contributed by atoms with Gasteiger partial charge < -0.3 is 25.9 Å². The predicted molar refractivity (Wildman–Crippen MR) is 126 cm³/mol. The van der Waals surface area contributed by atoms with Crippen molar-refractivity contribution >= 4 is 52.3 Å². The minimum Gasteiger partial charge on any atom is -0.480 e. The minimum absolute atomic E-state index is 0.915. The van der Waals surface area contributed by atoms with Gasteiger partial charge in [0.15, 0.2) is 0 Å². The number of carboxylic acid groups (broad SMARTS) is 1. The van der Waals surface area contributed by atoms with Crippen LogP contribution in [0.25, 0.3) is 46.4 Å². The molecule has 0 aromatic carbocycles. The highest BCUT2D eigenvalue weighted by Gasteiger charge is 2.16. The van der Waals surface area contributed by atoms with Gasteiger partial charge >= 0.3 is 5.97 Å². The number of aliphatic hydroxyl groups excluding tert-OH is 1. The van der Waals surface area contributed by atoms with Crippen LogP contribution in [-0.4, -0.2) is 48.3 Å². The molecule has 8 nitrogen and oxygen atoms in total. The van der Waals surface area contributed by atoms with Crippen molar-refractivity contribution in [3.8, 4) is 0 Å². The molecule has 0 unspecified atom stereocenters. The molecular weight excluding hydrogens is 406 g/mol. The van der Waals surface area contributed by atoms with Crippen LogP contribution in [0.2, 0.25) is 0 Å². The third-order valence-electron chi connectivity index (χ3n) is 4.85. The van der Waals surface area contributed by atoms with E-state index in [1.807, 2.05) is 42.5 Å². The Kier molecular flexibility index (Phi) is 5.98. The largest absolute Gasteiger partial charge is 0.480 e. The predicted octanol–water partition coefficient (Wildman–Crippen LogP) is 3.43. The summed E-state index contributed by atoms with van der Waals surface area (Å²) in [6.45, 7) is 1.33. The molecule has 5 rings (SSSR count). The van der Waals surface area contributed by atoms with Crippen LogP contribution in [0.5, 0.6) is 0 Å². The fraction of sp³-hybridized carbons (Fsp3) is 0.125. The molecule has 0 amide bonds. The molecule has 0 spiro atoms. The lowest BCUT2D eigenvalue weighted by molar-refractivity contribution is -0.140. The number of H-pyrrole nitrogens is 2. The van der Waals surface area contributed by atoms with Gasteiger partial charge in [0.2, 0.25) is 0 Å². The molecular formula is C24H23N5O3. The van der Waals surface area contributed by atoms with E-state index in [9.17, 15) is 4.79 Å². The quantitative estimate of drug-likeness (QED) is 0.291. The minimum atomic E-state index is -1.18. The van der Waals surface area contributed by atoms with Crippen LogP contribution in [-0.2, 0) is 4.79 Å². The summed E-state index contributed by atoms with van der Waals surface area (Å²) in [6.07, 6.45) is 7.07. The average Bonchev–Trinajstić information content (AvgIpc) is 3.53. The van der Waals surface area contributed by atoms with E-state index in [0.29, 0.717) is 0 Å². The molecule has 8 bridgehead atoms. The number of hydrogen-bond acceptors (Lipinski definition) is 5. The molecule has 0 radical (unpaired) electrons. The Balaban J connectivity index is 0.000000265. The van der Waals surface area contributed by atoms with Crippen LogP contribution in [0.15, 0.2) is 48.5 Å². The molecule has 162 valence electrons. The van der Waals surface area contributed by atoms with Crippen molar-refractivity contribution in [2.75, 3.05) is 0 Å². The van der Waals surface area contributed by atoms with Gasteiger partial charge in [-0.3, -0.25) is 4.79 Å². The lowest BCUT2D eigenvalue weighted by Gasteiger charge is -2.06. The highest BCUT2D eigenvalue weighted by molar-refractivity contribution is 5.77. The van der Waals surface area contributed by atoms with Crippen molar-refractivity contribution in [3.63, 3.8) is 0 Å². The summed E-state index contributed by atoms with van der Waals surface area (Å²) in [7, 11) is 0. The number of aromatic amines is 2. The smallest absolute Gasteiger partial charge is 0.323 e. The fourth-order valence-corrected chi connectivity index (χ4v) is 3.15. The van der Waals surface area contributed by atoms with Crippen molar-refractivity contribution in [2.24, 2.45) is 5.73 Å². The summed E-state index contributed by atoms with van der Waals surface area (Å²) in [5.41, 5.74) is 12.8. The molecule has 0 saturated heterocycles. The Morgan fingerprint density at radius 1 is 0.781 bits per heavy atom. The number of fused-ring (bicyclic) bond motifs is 8. The molecule has 3 aromatic heterocycles. The summed E-state index contributed by atoms with van der Waals surface area (Å²) in [5.74, 6) is -1.18. The van der Waals surface area contributed by atoms with E-state index in [2.05, 4.69) is 50.3 Å².